The molecule has 0 aromatic heterocycles. The number of hydrogen-bond donors (Lipinski definition) is 1. The zero-order chi connectivity index (χ0) is 31.2. The van der Waals surface area contributed by atoms with Crippen LogP contribution >= 0.6 is 15.9 Å². The lowest BCUT2D eigenvalue weighted by molar-refractivity contribution is -0.140. The number of nitrogens with one attached hydrogen (secondary N) is 1. The van der Waals surface area contributed by atoms with E-state index in [1.807, 2.05) is 30.3 Å². The highest BCUT2D eigenvalue weighted by Crippen LogP contribution is 2.32. The predicted molar refractivity (Wildman–Crippen MR) is 163 cm³/mol. The maximum absolute atomic E-state index is 14.1. The van der Waals surface area contributed by atoms with Crippen LogP contribution in [-0.4, -0.2) is 50.0 Å². The first-order chi connectivity index (χ1) is 20.3. The SMILES string of the molecule is CS(=O)(=O)N(CC(=O)N(Cc1ccc(Br)cc1)[C@H](Cc1ccccc1)C(=O)NC1CCCC1)c1cccc(C(F)(F)F)c1. The molecule has 3 aromatic carbocycles. The Labute approximate surface area is 258 Å². The molecule has 0 bridgehead atoms. The van der Waals surface area contributed by atoms with Crippen LogP contribution in [0.25, 0.3) is 0 Å². The zero-order valence-electron chi connectivity index (χ0n) is 23.6. The molecule has 1 atom stereocenters. The van der Waals surface area contributed by atoms with E-state index in [-0.39, 0.29) is 30.6 Å². The second-order valence-electron chi connectivity index (χ2n) is 10.7. The second kappa shape index (κ2) is 13.9. The summed E-state index contributed by atoms with van der Waals surface area (Å²) in [5.41, 5.74) is 0.133. The fourth-order valence-electron chi connectivity index (χ4n) is 5.16. The lowest BCUT2D eigenvalue weighted by atomic mass is 10.0. The van der Waals surface area contributed by atoms with Gasteiger partial charge in [-0.3, -0.25) is 13.9 Å². The molecule has 1 aliphatic carbocycles. The molecule has 0 saturated heterocycles. The van der Waals surface area contributed by atoms with Crippen molar-refractivity contribution in [3.63, 3.8) is 0 Å². The van der Waals surface area contributed by atoms with E-state index in [0.717, 1.165) is 54.1 Å². The number of halogens is 4. The smallest absolute Gasteiger partial charge is 0.352 e. The Morgan fingerprint density at radius 1 is 0.953 bits per heavy atom. The second-order valence-corrected chi connectivity index (χ2v) is 13.5. The van der Waals surface area contributed by atoms with Gasteiger partial charge in [0.15, 0.2) is 0 Å². The van der Waals surface area contributed by atoms with Crippen LogP contribution in [0.2, 0.25) is 0 Å². The fourth-order valence-corrected chi connectivity index (χ4v) is 6.26. The molecule has 1 fully saturated rings. The first kappa shape index (κ1) is 32.5. The van der Waals surface area contributed by atoms with Crippen molar-refractivity contribution >= 4 is 43.5 Å². The molecule has 0 heterocycles. The average Bonchev–Trinajstić information content (AvgIpc) is 3.47. The third kappa shape index (κ3) is 9.06. The topological polar surface area (TPSA) is 86.8 Å². The summed E-state index contributed by atoms with van der Waals surface area (Å²) in [6.07, 6.45) is -0.121. The van der Waals surface area contributed by atoms with Crippen molar-refractivity contribution in [3.05, 3.63) is 100 Å². The summed E-state index contributed by atoms with van der Waals surface area (Å²) in [5.74, 6) is -1.10. The van der Waals surface area contributed by atoms with Gasteiger partial charge < -0.3 is 10.2 Å². The van der Waals surface area contributed by atoms with Crippen LogP contribution in [0.3, 0.4) is 0 Å². The van der Waals surface area contributed by atoms with Crippen molar-refractivity contribution in [1.82, 2.24) is 10.2 Å². The number of carbonyl (C=O) groups excluding carboxylic acids is 2. The minimum Gasteiger partial charge on any atom is -0.352 e. The summed E-state index contributed by atoms with van der Waals surface area (Å²) in [4.78, 5) is 29.3. The average molecular weight is 681 g/mol. The highest BCUT2D eigenvalue weighted by Gasteiger charge is 2.35. The van der Waals surface area contributed by atoms with Crippen LogP contribution in [0.15, 0.2) is 83.3 Å². The van der Waals surface area contributed by atoms with E-state index >= 15 is 0 Å². The number of alkyl halides is 3. The van der Waals surface area contributed by atoms with E-state index in [9.17, 15) is 31.2 Å². The van der Waals surface area contributed by atoms with Gasteiger partial charge in [0.25, 0.3) is 0 Å². The Hall–Kier alpha value is -3.38. The molecule has 0 radical (unpaired) electrons. The van der Waals surface area contributed by atoms with Gasteiger partial charge in [0.2, 0.25) is 21.8 Å². The van der Waals surface area contributed by atoms with Crippen molar-refractivity contribution in [2.24, 2.45) is 0 Å². The normalized spacial score (nSPS) is 14.7. The zero-order valence-corrected chi connectivity index (χ0v) is 26.0. The molecule has 43 heavy (non-hydrogen) atoms. The van der Waals surface area contributed by atoms with Crippen molar-refractivity contribution in [3.8, 4) is 0 Å². The Bertz CT molecular complexity index is 1510. The molecule has 1 N–H and O–H groups in total. The van der Waals surface area contributed by atoms with Gasteiger partial charge in [0.1, 0.15) is 12.6 Å². The quantitative estimate of drug-likeness (QED) is 0.272. The Morgan fingerprint density at radius 3 is 2.21 bits per heavy atom. The molecule has 230 valence electrons. The van der Waals surface area contributed by atoms with Crippen molar-refractivity contribution in [2.75, 3.05) is 17.1 Å². The Balaban J connectivity index is 1.73. The lowest BCUT2D eigenvalue weighted by Gasteiger charge is -2.34. The Kier molecular flexibility index (Phi) is 10.5. The number of carbonyl (C=O) groups is 2. The van der Waals surface area contributed by atoms with E-state index in [1.54, 1.807) is 24.3 Å². The van der Waals surface area contributed by atoms with Gasteiger partial charge in [0.05, 0.1) is 17.5 Å². The summed E-state index contributed by atoms with van der Waals surface area (Å²) in [5, 5.41) is 3.07. The fraction of sp³-hybridized carbons (Fsp3) is 0.355. The largest absolute Gasteiger partial charge is 0.416 e. The molecule has 0 aliphatic heterocycles. The van der Waals surface area contributed by atoms with E-state index in [1.165, 1.54) is 11.0 Å². The molecule has 1 saturated carbocycles. The van der Waals surface area contributed by atoms with Gasteiger partial charge in [-0.2, -0.15) is 13.2 Å². The van der Waals surface area contributed by atoms with Gasteiger partial charge in [-0.05, 0) is 54.3 Å². The molecule has 0 spiro atoms. The Morgan fingerprint density at radius 2 is 1.60 bits per heavy atom. The molecule has 1 aliphatic rings. The predicted octanol–water partition coefficient (Wildman–Crippen LogP) is 5.93. The highest BCUT2D eigenvalue weighted by atomic mass is 79.9. The molecule has 4 rings (SSSR count). The number of nitrogens with zero attached hydrogens (tertiary/aromatic N) is 2. The van der Waals surface area contributed by atoms with E-state index in [0.29, 0.717) is 15.9 Å². The standard InChI is InChI=1S/C31H33BrF3N3O4S/c1-43(41,42)38(27-13-7-10-24(19-27)31(33,34)35)21-29(39)37(20-23-14-16-25(32)17-15-23)28(18-22-8-3-2-4-9-22)30(40)36-26-11-5-6-12-26/h2-4,7-10,13-17,19,26,28H,5-6,11-12,18,20-21H2,1H3,(H,36,40)/t28-/m1/s1. The van der Waals surface area contributed by atoms with Crippen LogP contribution in [-0.2, 0) is 38.8 Å². The summed E-state index contributed by atoms with van der Waals surface area (Å²) < 4.78 is 67.6. The number of rotatable bonds is 11. The van der Waals surface area contributed by atoms with E-state index < -0.39 is 40.3 Å². The molecule has 7 nitrogen and oxygen atoms in total. The number of amides is 2. The number of hydrogen-bond acceptors (Lipinski definition) is 4. The molecular formula is C31H33BrF3N3O4S. The van der Waals surface area contributed by atoms with Crippen molar-refractivity contribution in [1.29, 1.82) is 0 Å². The van der Waals surface area contributed by atoms with Gasteiger partial charge >= 0.3 is 6.18 Å². The summed E-state index contributed by atoms with van der Waals surface area (Å²) in [6, 6.07) is 19.1. The third-order valence-electron chi connectivity index (χ3n) is 7.38. The monoisotopic (exact) mass is 679 g/mol. The van der Waals surface area contributed by atoms with Crippen LogP contribution < -0.4 is 9.62 Å². The first-order valence-electron chi connectivity index (χ1n) is 13.8. The number of benzene rings is 3. The van der Waals surface area contributed by atoms with Crippen LogP contribution in [0.4, 0.5) is 18.9 Å². The van der Waals surface area contributed by atoms with Crippen LogP contribution in [0.1, 0.15) is 42.4 Å². The molecule has 12 heteroatoms. The molecular weight excluding hydrogens is 647 g/mol. The van der Waals surface area contributed by atoms with Crippen LogP contribution in [0, 0.1) is 0 Å². The van der Waals surface area contributed by atoms with E-state index in [2.05, 4.69) is 21.2 Å². The first-order valence-corrected chi connectivity index (χ1v) is 16.5. The lowest BCUT2D eigenvalue weighted by Crippen LogP contribution is -2.54. The van der Waals surface area contributed by atoms with Gasteiger partial charge in [-0.25, -0.2) is 8.42 Å². The van der Waals surface area contributed by atoms with Crippen molar-refractivity contribution in [2.45, 2.75) is 56.9 Å². The number of sulfonamides is 1. The molecule has 0 unspecified atom stereocenters. The van der Waals surface area contributed by atoms with Gasteiger partial charge in [0, 0.05) is 23.5 Å². The maximum atomic E-state index is 14.1. The third-order valence-corrected chi connectivity index (χ3v) is 9.05. The highest BCUT2D eigenvalue weighted by molar-refractivity contribution is 9.10. The van der Waals surface area contributed by atoms with Crippen LogP contribution in [0.5, 0.6) is 0 Å². The summed E-state index contributed by atoms with van der Waals surface area (Å²) >= 11 is 3.39. The number of anilines is 1. The van der Waals surface area contributed by atoms with E-state index in [4.69, 9.17) is 0 Å². The minimum atomic E-state index is -4.71. The summed E-state index contributed by atoms with van der Waals surface area (Å²) in [6.45, 7) is -0.819. The summed E-state index contributed by atoms with van der Waals surface area (Å²) in [7, 11) is -4.20. The van der Waals surface area contributed by atoms with Gasteiger partial charge in [-0.15, -0.1) is 0 Å². The maximum Gasteiger partial charge on any atom is 0.416 e. The molecule has 3 aromatic rings. The molecule has 2 amide bonds. The van der Waals surface area contributed by atoms with Gasteiger partial charge in [-0.1, -0.05) is 77.3 Å². The minimum absolute atomic E-state index is 0.0259. The van der Waals surface area contributed by atoms with Crippen molar-refractivity contribution < 1.29 is 31.2 Å².